The maximum Gasteiger partial charge on any atom is 0.223 e. The van der Waals surface area contributed by atoms with E-state index in [0.717, 1.165) is 49.6 Å². The van der Waals surface area contributed by atoms with E-state index in [1.165, 1.54) is 9.75 Å². The van der Waals surface area contributed by atoms with Crippen LogP contribution in [0.1, 0.15) is 39.6 Å². The zero-order valence-corrected chi connectivity index (χ0v) is 16.0. The summed E-state index contributed by atoms with van der Waals surface area (Å²) in [4.78, 5) is 19.9. The molecule has 4 heterocycles. The van der Waals surface area contributed by atoms with Gasteiger partial charge < -0.3 is 9.42 Å². The van der Waals surface area contributed by atoms with Crippen LogP contribution in [0.4, 0.5) is 0 Å². The van der Waals surface area contributed by atoms with Crippen LogP contribution in [0.25, 0.3) is 0 Å². The summed E-state index contributed by atoms with van der Waals surface area (Å²) in [5.41, 5.74) is 2.09. The first-order chi connectivity index (χ1) is 11.9. The molecule has 2 aromatic heterocycles. The van der Waals surface area contributed by atoms with Gasteiger partial charge in [0.15, 0.2) is 0 Å². The van der Waals surface area contributed by atoms with Gasteiger partial charge in [0, 0.05) is 46.8 Å². The number of rotatable bonds is 4. The lowest BCUT2D eigenvalue weighted by Gasteiger charge is -2.24. The van der Waals surface area contributed by atoms with Crippen LogP contribution in [0.15, 0.2) is 16.7 Å². The first-order valence-electron chi connectivity index (χ1n) is 8.91. The number of hydrogen-bond donors (Lipinski definition) is 0. The monoisotopic (exact) mass is 359 g/mol. The summed E-state index contributed by atoms with van der Waals surface area (Å²) in [6.45, 7) is 10.6. The lowest BCUT2D eigenvalue weighted by atomic mass is 9.86. The summed E-state index contributed by atoms with van der Waals surface area (Å²) >= 11 is 1.88. The fourth-order valence-corrected chi connectivity index (χ4v) is 5.20. The number of aromatic nitrogens is 1. The van der Waals surface area contributed by atoms with Crippen LogP contribution in [0, 0.1) is 26.2 Å². The summed E-state index contributed by atoms with van der Waals surface area (Å²) in [5, 5.41) is 4.01. The van der Waals surface area contributed by atoms with Crippen LogP contribution < -0.4 is 0 Å². The average Bonchev–Trinajstić information content (AvgIpc) is 3.29. The van der Waals surface area contributed by atoms with E-state index >= 15 is 0 Å². The van der Waals surface area contributed by atoms with Crippen molar-refractivity contribution in [3.05, 3.63) is 38.9 Å². The fraction of sp³-hybridized carbons (Fsp3) is 0.579. The van der Waals surface area contributed by atoms with Crippen LogP contribution in [-0.2, 0) is 17.9 Å². The third-order valence-corrected chi connectivity index (χ3v) is 6.61. The second-order valence-electron chi connectivity index (χ2n) is 7.70. The van der Waals surface area contributed by atoms with Crippen molar-refractivity contribution in [3.63, 3.8) is 0 Å². The summed E-state index contributed by atoms with van der Waals surface area (Å²) in [6.07, 6.45) is 1.79. The largest absolute Gasteiger partial charge is 0.361 e. The Hall–Kier alpha value is -1.66. The third-order valence-electron chi connectivity index (χ3n) is 5.63. The molecule has 0 N–H and O–H groups in total. The molecule has 5 nitrogen and oxygen atoms in total. The highest BCUT2D eigenvalue weighted by Crippen LogP contribution is 2.41. The highest BCUT2D eigenvalue weighted by Gasteiger charge is 2.47. The van der Waals surface area contributed by atoms with Gasteiger partial charge in [-0.05, 0) is 45.9 Å². The molecule has 134 valence electrons. The van der Waals surface area contributed by atoms with Crippen molar-refractivity contribution >= 4 is 17.2 Å². The quantitative estimate of drug-likeness (QED) is 0.841. The van der Waals surface area contributed by atoms with Gasteiger partial charge in [-0.2, -0.15) is 0 Å². The van der Waals surface area contributed by atoms with Crippen LogP contribution >= 0.6 is 11.3 Å². The minimum atomic E-state index is 0.127. The maximum absolute atomic E-state index is 12.6. The molecule has 6 heteroatoms. The molecule has 0 aliphatic carbocycles. The number of aryl methyl sites for hydroxylation is 3. The molecule has 1 atom stereocenters. The minimum Gasteiger partial charge on any atom is -0.361 e. The van der Waals surface area contributed by atoms with Crippen LogP contribution in [0.5, 0.6) is 0 Å². The molecule has 25 heavy (non-hydrogen) atoms. The normalized spacial score (nSPS) is 24.1. The van der Waals surface area contributed by atoms with E-state index < -0.39 is 0 Å². The van der Waals surface area contributed by atoms with Gasteiger partial charge in [0.05, 0.1) is 12.2 Å². The number of likely N-dealkylation sites (tertiary alicyclic amines) is 2. The number of carbonyl (C=O) groups excluding carboxylic acids is 1. The number of nitrogens with zero attached hydrogens (tertiary/aromatic N) is 3. The predicted octanol–water partition coefficient (Wildman–Crippen LogP) is 3.29. The highest BCUT2D eigenvalue weighted by molar-refractivity contribution is 7.11. The van der Waals surface area contributed by atoms with Gasteiger partial charge in [-0.1, -0.05) is 5.16 Å². The van der Waals surface area contributed by atoms with Crippen molar-refractivity contribution in [2.45, 2.75) is 46.7 Å². The van der Waals surface area contributed by atoms with E-state index in [9.17, 15) is 4.79 Å². The Morgan fingerprint density at radius 1 is 1.24 bits per heavy atom. The van der Waals surface area contributed by atoms with Crippen LogP contribution in [0.3, 0.4) is 0 Å². The first kappa shape index (κ1) is 16.8. The van der Waals surface area contributed by atoms with Gasteiger partial charge in [0.2, 0.25) is 5.91 Å². The van der Waals surface area contributed by atoms with Crippen LogP contribution in [-0.4, -0.2) is 40.5 Å². The van der Waals surface area contributed by atoms with E-state index in [1.54, 1.807) is 0 Å². The van der Waals surface area contributed by atoms with Gasteiger partial charge in [-0.15, -0.1) is 11.3 Å². The smallest absolute Gasteiger partial charge is 0.223 e. The van der Waals surface area contributed by atoms with E-state index in [1.807, 2.05) is 30.1 Å². The van der Waals surface area contributed by atoms with Gasteiger partial charge >= 0.3 is 0 Å². The SMILES string of the molecule is Cc1ccc(CN2CC[C@@]3(CC(=O)N(Cc4c(C)noc4C)C3)C2)s1. The first-order valence-corrected chi connectivity index (χ1v) is 9.73. The molecular weight excluding hydrogens is 334 g/mol. The zero-order chi connectivity index (χ0) is 17.6. The summed E-state index contributed by atoms with van der Waals surface area (Å²) in [6, 6.07) is 4.42. The second-order valence-corrected chi connectivity index (χ2v) is 9.07. The number of amides is 1. The van der Waals surface area contributed by atoms with E-state index in [2.05, 4.69) is 29.1 Å². The number of carbonyl (C=O) groups is 1. The summed E-state index contributed by atoms with van der Waals surface area (Å²) in [7, 11) is 0. The topological polar surface area (TPSA) is 49.6 Å². The van der Waals surface area contributed by atoms with E-state index in [0.29, 0.717) is 13.0 Å². The summed E-state index contributed by atoms with van der Waals surface area (Å²) < 4.78 is 5.25. The number of thiophene rings is 1. The molecular formula is C19H25N3O2S. The van der Waals surface area contributed by atoms with E-state index in [4.69, 9.17) is 4.52 Å². The molecule has 0 bridgehead atoms. The Labute approximate surface area is 152 Å². The molecule has 2 aromatic rings. The van der Waals surface area contributed by atoms with Crippen molar-refractivity contribution in [2.75, 3.05) is 19.6 Å². The molecule has 2 saturated heterocycles. The van der Waals surface area contributed by atoms with Gasteiger partial charge in [-0.3, -0.25) is 9.69 Å². The van der Waals surface area contributed by atoms with Crippen molar-refractivity contribution in [1.29, 1.82) is 0 Å². The van der Waals surface area contributed by atoms with Crippen molar-refractivity contribution in [2.24, 2.45) is 5.41 Å². The van der Waals surface area contributed by atoms with Crippen LogP contribution in [0.2, 0.25) is 0 Å². The standard InChI is InChI=1S/C19H25N3O2S/c1-13-4-5-16(25-13)9-21-7-6-19(11-21)8-18(23)22(12-19)10-17-14(2)20-24-15(17)3/h4-5H,6-12H2,1-3H3/t19-/m1/s1. The van der Waals surface area contributed by atoms with Gasteiger partial charge in [-0.25, -0.2) is 0 Å². The van der Waals surface area contributed by atoms with Crippen molar-refractivity contribution in [3.8, 4) is 0 Å². The number of hydrogen-bond acceptors (Lipinski definition) is 5. The summed E-state index contributed by atoms with van der Waals surface area (Å²) in [5.74, 6) is 1.10. The van der Waals surface area contributed by atoms with Gasteiger partial charge in [0.1, 0.15) is 5.76 Å². The zero-order valence-electron chi connectivity index (χ0n) is 15.2. The molecule has 0 radical (unpaired) electrons. The molecule has 1 amide bonds. The lowest BCUT2D eigenvalue weighted by Crippen LogP contribution is -2.31. The minimum absolute atomic E-state index is 0.127. The maximum atomic E-state index is 12.6. The average molecular weight is 359 g/mol. The lowest BCUT2D eigenvalue weighted by molar-refractivity contribution is -0.128. The molecule has 4 rings (SSSR count). The molecule has 2 aliphatic rings. The Balaban J connectivity index is 1.41. The Kier molecular flexibility index (Phi) is 4.20. The predicted molar refractivity (Wildman–Crippen MR) is 97.4 cm³/mol. The fourth-order valence-electron chi connectivity index (χ4n) is 4.27. The Morgan fingerprint density at radius 3 is 2.76 bits per heavy atom. The molecule has 2 aliphatic heterocycles. The molecule has 0 aromatic carbocycles. The molecule has 2 fully saturated rings. The van der Waals surface area contributed by atoms with Crippen molar-refractivity contribution < 1.29 is 9.32 Å². The van der Waals surface area contributed by atoms with E-state index in [-0.39, 0.29) is 11.3 Å². The molecule has 0 saturated carbocycles. The highest BCUT2D eigenvalue weighted by atomic mass is 32.1. The third kappa shape index (κ3) is 3.25. The molecule has 1 spiro atoms. The van der Waals surface area contributed by atoms with Crippen molar-refractivity contribution in [1.82, 2.24) is 15.0 Å². The Bertz CT molecular complexity index is 777. The molecule has 0 unspecified atom stereocenters. The van der Waals surface area contributed by atoms with Gasteiger partial charge in [0.25, 0.3) is 0 Å². The second kappa shape index (κ2) is 6.25. The Morgan fingerprint density at radius 2 is 2.08 bits per heavy atom.